The number of piperazine rings is 1. The molecule has 35 heavy (non-hydrogen) atoms. The van der Waals surface area contributed by atoms with Crippen LogP contribution in [0, 0.1) is 0 Å². The Balaban J connectivity index is 1.16. The number of aromatic amines is 1. The Hall–Kier alpha value is -3.98. The zero-order valence-electron chi connectivity index (χ0n) is 19.8. The summed E-state index contributed by atoms with van der Waals surface area (Å²) in [4.78, 5) is 14.5. The SMILES string of the molecule is CC(C)N1CC2C[C@@H]1CN2c1ccc(Nc2nc(-c3ccc4[nH]ncc4c3)cn3ncnc23)cc1. The smallest absolute Gasteiger partial charge is 0.198 e. The minimum absolute atomic E-state index is 0.614. The lowest BCUT2D eigenvalue weighted by atomic mass is 10.1. The lowest BCUT2D eigenvalue weighted by Gasteiger charge is -2.37. The van der Waals surface area contributed by atoms with E-state index in [0.717, 1.165) is 40.9 Å². The number of benzene rings is 2. The van der Waals surface area contributed by atoms with Gasteiger partial charge in [-0.25, -0.2) is 14.5 Å². The molecule has 9 heteroatoms. The van der Waals surface area contributed by atoms with E-state index in [2.05, 4.69) is 79.6 Å². The van der Waals surface area contributed by atoms with E-state index in [1.165, 1.54) is 12.1 Å². The van der Waals surface area contributed by atoms with Gasteiger partial charge in [0.1, 0.15) is 6.33 Å². The van der Waals surface area contributed by atoms with Crippen molar-refractivity contribution in [2.24, 2.45) is 0 Å². The van der Waals surface area contributed by atoms with Crippen LogP contribution in [0.4, 0.5) is 17.2 Å². The summed E-state index contributed by atoms with van der Waals surface area (Å²) in [6.45, 7) is 6.88. The number of hydrogen-bond acceptors (Lipinski definition) is 7. The molecule has 9 nitrogen and oxygen atoms in total. The first-order valence-electron chi connectivity index (χ1n) is 12.2. The number of aromatic nitrogens is 6. The zero-order valence-corrected chi connectivity index (χ0v) is 19.8. The van der Waals surface area contributed by atoms with E-state index in [1.807, 2.05) is 24.5 Å². The Bertz CT molecular complexity index is 1520. The Labute approximate surface area is 202 Å². The number of hydrogen-bond donors (Lipinski definition) is 2. The van der Waals surface area contributed by atoms with Crippen LogP contribution in [-0.4, -0.2) is 65.9 Å². The topological polar surface area (TPSA) is 90.3 Å². The second kappa shape index (κ2) is 7.78. The predicted octanol–water partition coefficient (Wildman–Crippen LogP) is 4.08. The molecule has 0 aliphatic carbocycles. The number of H-pyrrole nitrogens is 1. The van der Waals surface area contributed by atoms with Crippen LogP contribution in [0.2, 0.25) is 0 Å². The van der Waals surface area contributed by atoms with E-state index in [-0.39, 0.29) is 0 Å². The number of rotatable bonds is 5. The molecule has 0 saturated carbocycles. The average molecular weight is 466 g/mol. The van der Waals surface area contributed by atoms with E-state index < -0.39 is 0 Å². The Morgan fingerprint density at radius 1 is 1.06 bits per heavy atom. The molecule has 2 aromatic carbocycles. The summed E-state index contributed by atoms with van der Waals surface area (Å²) < 4.78 is 1.76. The van der Waals surface area contributed by atoms with Gasteiger partial charge in [-0.2, -0.15) is 10.2 Å². The van der Waals surface area contributed by atoms with E-state index in [4.69, 9.17) is 4.98 Å². The molecule has 1 unspecified atom stereocenters. The fraction of sp³-hybridized carbons (Fsp3) is 0.308. The van der Waals surface area contributed by atoms with Gasteiger partial charge in [0.25, 0.3) is 0 Å². The first kappa shape index (κ1) is 20.4. The van der Waals surface area contributed by atoms with Gasteiger partial charge < -0.3 is 10.2 Å². The van der Waals surface area contributed by atoms with Crippen molar-refractivity contribution in [1.82, 2.24) is 34.7 Å². The van der Waals surface area contributed by atoms with Crippen LogP contribution in [-0.2, 0) is 0 Å². The van der Waals surface area contributed by atoms with Gasteiger partial charge in [0.05, 0.1) is 23.6 Å². The monoisotopic (exact) mass is 465 g/mol. The molecule has 5 heterocycles. The summed E-state index contributed by atoms with van der Waals surface area (Å²) in [6, 6.07) is 16.7. The van der Waals surface area contributed by atoms with Gasteiger partial charge in [-0.1, -0.05) is 6.07 Å². The summed E-state index contributed by atoms with van der Waals surface area (Å²) in [5, 5.41) is 16.0. The first-order chi connectivity index (χ1) is 17.1. The van der Waals surface area contributed by atoms with Gasteiger partial charge >= 0.3 is 0 Å². The summed E-state index contributed by atoms with van der Waals surface area (Å²) in [5.41, 5.74) is 5.75. The van der Waals surface area contributed by atoms with E-state index in [9.17, 15) is 0 Å². The van der Waals surface area contributed by atoms with Crippen LogP contribution >= 0.6 is 0 Å². The third kappa shape index (κ3) is 3.42. The molecule has 2 bridgehead atoms. The molecule has 7 rings (SSSR count). The molecule has 2 N–H and O–H groups in total. The highest BCUT2D eigenvalue weighted by Gasteiger charge is 2.43. The van der Waals surface area contributed by atoms with Gasteiger partial charge in [-0.05, 0) is 56.7 Å². The van der Waals surface area contributed by atoms with Crippen LogP contribution in [0.5, 0.6) is 0 Å². The maximum Gasteiger partial charge on any atom is 0.198 e. The van der Waals surface area contributed by atoms with Gasteiger partial charge in [-0.15, -0.1) is 0 Å². The fourth-order valence-electron chi connectivity index (χ4n) is 5.67. The van der Waals surface area contributed by atoms with Crippen LogP contribution < -0.4 is 10.2 Å². The lowest BCUT2D eigenvalue weighted by molar-refractivity contribution is 0.191. The maximum atomic E-state index is 4.90. The molecule has 0 radical (unpaired) electrons. The Kier molecular flexibility index (Phi) is 4.53. The largest absolute Gasteiger partial charge is 0.366 e. The van der Waals surface area contributed by atoms with Crippen LogP contribution in [0.1, 0.15) is 20.3 Å². The fourth-order valence-corrected chi connectivity index (χ4v) is 5.67. The molecule has 176 valence electrons. The van der Waals surface area contributed by atoms with Crippen molar-refractivity contribution in [3.8, 4) is 11.3 Å². The molecule has 2 saturated heterocycles. The molecular weight excluding hydrogens is 438 g/mol. The van der Waals surface area contributed by atoms with Gasteiger partial charge in [0.15, 0.2) is 11.5 Å². The van der Waals surface area contributed by atoms with Crippen molar-refractivity contribution in [1.29, 1.82) is 0 Å². The highest BCUT2D eigenvalue weighted by molar-refractivity contribution is 5.84. The molecular formula is C26H27N9. The van der Waals surface area contributed by atoms with Crippen molar-refractivity contribution in [3.05, 3.63) is 61.2 Å². The average Bonchev–Trinajstić information content (AvgIpc) is 3.67. The molecule has 0 spiro atoms. The highest BCUT2D eigenvalue weighted by atomic mass is 15.4. The number of likely N-dealkylation sites (tertiary alicyclic amines) is 1. The van der Waals surface area contributed by atoms with Gasteiger partial charge in [0, 0.05) is 53.5 Å². The predicted molar refractivity (Wildman–Crippen MR) is 137 cm³/mol. The van der Waals surface area contributed by atoms with Crippen LogP contribution in [0.15, 0.2) is 61.2 Å². The molecule has 2 aliphatic rings. The van der Waals surface area contributed by atoms with Crippen LogP contribution in [0.3, 0.4) is 0 Å². The second-order valence-electron chi connectivity index (χ2n) is 9.83. The van der Waals surface area contributed by atoms with Crippen molar-refractivity contribution in [2.45, 2.75) is 38.4 Å². The lowest BCUT2D eigenvalue weighted by Crippen LogP contribution is -2.48. The quantitative estimate of drug-likeness (QED) is 0.404. The summed E-state index contributed by atoms with van der Waals surface area (Å²) >= 11 is 0. The Morgan fingerprint density at radius 3 is 2.74 bits per heavy atom. The van der Waals surface area contributed by atoms with Gasteiger partial charge in [0.2, 0.25) is 0 Å². The minimum atomic E-state index is 0.614. The number of anilines is 3. The highest BCUT2D eigenvalue weighted by Crippen LogP contribution is 2.36. The van der Waals surface area contributed by atoms with Crippen molar-refractivity contribution in [2.75, 3.05) is 23.3 Å². The number of fused-ring (bicyclic) bond motifs is 4. The molecule has 3 aromatic heterocycles. The van der Waals surface area contributed by atoms with Crippen molar-refractivity contribution >= 4 is 33.7 Å². The van der Waals surface area contributed by atoms with Crippen molar-refractivity contribution < 1.29 is 0 Å². The Morgan fingerprint density at radius 2 is 1.94 bits per heavy atom. The molecule has 2 aliphatic heterocycles. The zero-order chi connectivity index (χ0) is 23.5. The maximum absolute atomic E-state index is 4.90. The van der Waals surface area contributed by atoms with Crippen LogP contribution in [0.25, 0.3) is 27.8 Å². The molecule has 5 aromatic rings. The molecule has 2 fully saturated rings. The first-order valence-corrected chi connectivity index (χ1v) is 12.2. The standard InChI is InChI=1S/C26H27N9/c1-16(2)33-12-22-10-21(33)13-34(22)20-6-4-19(5-7-20)30-25-26-27-15-29-35(26)14-24(31-25)17-3-8-23-18(9-17)11-28-32-23/h3-9,11,14-16,21-22H,10,12-13H2,1-2H3,(H,28,32)(H,30,31)/t21-,22?/m1/s1. The van der Waals surface area contributed by atoms with E-state index in [0.29, 0.717) is 29.6 Å². The van der Waals surface area contributed by atoms with E-state index in [1.54, 1.807) is 10.8 Å². The normalized spacial score (nSPS) is 20.0. The van der Waals surface area contributed by atoms with Crippen molar-refractivity contribution in [3.63, 3.8) is 0 Å². The third-order valence-electron chi connectivity index (χ3n) is 7.41. The van der Waals surface area contributed by atoms with E-state index >= 15 is 0 Å². The van der Waals surface area contributed by atoms with Gasteiger partial charge in [-0.3, -0.25) is 10.00 Å². The summed E-state index contributed by atoms with van der Waals surface area (Å²) in [6.07, 6.45) is 6.54. The number of nitrogens with one attached hydrogen (secondary N) is 2. The summed E-state index contributed by atoms with van der Waals surface area (Å²) in [7, 11) is 0. The third-order valence-corrected chi connectivity index (χ3v) is 7.41. The number of nitrogens with zero attached hydrogens (tertiary/aromatic N) is 7. The second-order valence-corrected chi connectivity index (χ2v) is 9.83. The molecule has 2 atom stereocenters. The minimum Gasteiger partial charge on any atom is -0.366 e. The molecule has 0 amide bonds. The summed E-state index contributed by atoms with van der Waals surface area (Å²) in [5.74, 6) is 0.674.